The lowest BCUT2D eigenvalue weighted by Crippen LogP contribution is -2.52. The van der Waals surface area contributed by atoms with E-state index >= 15 is 0 Å². The summed E-state index contributed by atoms with van der Waals surface area (Å²) in [5.74, 6) is 0. The van der Waals surface area contributed by atoms with Gasteiger partial charge in [0.25, 0.3) is 5.56 Å². The molecular weight excluding hydrogens is 464 g/mol. The molecule has 5 rings (SSSR count). The molecule has 2 heterocycles. The topological polar surface area (TPSA) is 84.6 Å². The van der Waals surface area contributed by atoms with Crippen molar-refractivity contribution in [1.29, 1.82) is 0 Å². The average Bonchev–Trinajstić information content (AvgIpc) is 2.88. The largest absolute Gasteiger partial charge is 0.363 e. The fourth-order valence-electron chi connectivity index (χ4n) is 5.22. The summed E-state index contributed by atoms with van der Waals surface area (Å²) in [5, 5.41) is 0. The van der Waals surface area contributed by atoms with Gasteiger partial charge in [0.05, 0.1) is 16.3 Å². The van der Waals surface area contributed by atoms with Crippen molar-refractivity contribution in [3.63, 3.8) is 0 Å². The van der Waals surface area contributed by atoms with E-state index in [4.69, 9.17) is 0 Å². The molecule has 1 aliphatic carbocycles. The van der Waals surface area contributed by atoms with Gasteiger partial charge in [-0.25, -0.2) is 13.2 Å². The van der Waals surface area contributed by atoms with E-state index in [0.29, 0.717) is 35.1 Å². The van der Waals surface area contributed by atoms with Crippen LogP contribution in [0.2, 0.25) is 0 Å². The first kappa shape index (κ1) is 23.6. The smallest absolute Gasteiger partial charge is 0.335 e. The third kappa shape index (κ3) is 4.12. The maximum absolute atomic E-state index is 13.4. The number of anilines is 1. The first-order valence-corrected chi connectivity index (χ1v) is 13.5. The molecule has 0 unspecified atom stereocenters. The quantitative estimate of drug-likeness (QED) is 0.555. The lowest BCUT2D eigenvalue weighted by atomic mass is 9.92. The third-order valence-electron chi connectivity index (χ3n) is 7.19. The van der Waals surface area contributed by atoms with Crippen molar-refractivity contribution in [2.45, 2.75) is 37.5 Å². The van der Waals surface area contributed by atoms with Crippen LogP contribution in [-0.2, 0) is 29.9 Å². The molecule has 3 aromatic rings. The van der Waals surface area contributed by atoms with Gasteiger partial charge in [-0.05, 0) is 68.0 Å². The van der Waals surface area contributed by atoms with E-state index in [9.17, 15) is 18.0 Å². The molecule has 184 valence electrons. The summed E-state index contributed by atoms with van der Waals surface area (Å²) in [6.45, 7) is 3.04. The van der Waals surface area contributed by atoms with Crippen LogP contribution >= 0.6 is 0 Å². The van der Waals surface area contributed by atoms with Gasteiger partial charge in [-0.1, -0.05) is 24.3 Å². The number of para-hydroxylation sites is 1. The van der Waals surface area contributed by atoms with Crippen LogP contribution in [0.4, 0.5) is 5.69 Å². The molecule has 0 spiro atoms. The first-order chi connectivity index (χ1) is 16.8. The Labute approximate surface area is 205 Å². The van der Waals surface area contributed by atoms with Crippen molar-refractivity contribution < 1.29 is 8.42 Å². The fourth-order valence-corrected chi connectivity index (χ4v) is 6.69. The molecule has 2 aliphatic rings. The number of aromatic nitrogens is 2. The molecule has 0 atom stereocenters. The number of piperazine rings is 1. The number of rotatable bonds is 4. The summed E-state index contributed by atoms with van der Waals surface area (Å²) in [6, 6.07) is 14.7. The average molecular weight is 495 g/mol. The van der Waals surface area contributed by atoms with Crippen LogP contribution < -0.4 is 16.1 Å². The predicted molar refractivity (Wildman–Crippen MR) is 136 cm³/mol. The van der Waals surface area contributed by atoms with Gasteiger partial charge in [0.15, 0.2) is 0 Å². The van der Waals surface area contributed by atoms with Gasteiger partial charge in [-0.3, -0.25) is 13.9 Å². The Kier molecular flexibility index (Phi) is 6.14. The molecule has 9 heteroatoms. The molecule has 0 bridgehead atoms. The minimum Gasteiger partial charge on any atom is -0.363 e. The SMILES string of the molecule is Cc1c(N2CCN(S(=O)(=O)c3ccc4c(c3)CCCC4)CC2)c(=O)n(C)c(=O)n1-c1ccccc1. The second-order valence-corrected chi connectivity index (χ2v) is 11.2. The van der Waals surface area contributed by atoms with Crippen LogP contribution in [0.25, 0.3) is 5.69 Å². The van der Waals surface area contributed by atoms with E-state index in [2.05, 4.69) is 0 Å². The molecule has 0 radical (unpaired) electrons. The summed E-state index contributed by atoms with van der Waals surface area (Å²) in [7, 11) is -2.14. The monoisotopic (exact) mass is 494 g/mol. The zero-order chi connectivity index (χ0) is 24.7. The van der Waals surface area contributed by atoms with Gasteiger partial charge in [0.1, 0.15) is 5.69 Å². The summed E-state index contributed by atoms with van der Waals surface area (Å²) in [5.41, 5.74) is 3.28. The number of aryl methyl sites for hydroxylation is 2. The Balaban J connectivity index is 1.43. The van der Waals surface area contributed by atoms with Crippen molar-refractivity contribution in [2.75, 3.05) is 31.1 Å². The van der Waals surface area contributed by atoms with E-state index in [1.165, 1.54) is 21.5 Å². The molecule has 2 aromatic carbocycles. The number of hydrogen-bond acceptors (Lipinski definition) is 5. The first-order valence-electron chi connectivity index (χ1n) is 12.0. The number of benzene rings is 2. The van der Waals surface area contributed by atoms with Gasteiger partial charge in [-0.2, -0.15) is 4.31 Å². The summed E-state index contributed by atoms with van der Waals surface area (Å²) >= 11 is 0. The van der Waals surface area contributed by atoms with E-state index in [0.717, 1.165) is 35.8 Å². The lowest BCUT2D eigenvalue weighted by molar-refractivity contribution is 0.383. The van der Waals surface area contributed by atoms with E-state index in [1.54, 1.807) is 13.0 Å². The highest BCUT2D eigenvalue weighted by Gasteiger charge is 2.31. The normalized spacial score (nSPS) is 16.8. The van der Waals surface area contributed by atoms with Crippen LogP contribution in [-0.4, -0.2) is 48.0 Å². The van der Waals surface area contributed by atoms with E-state index in [1.807, 2.05) is 47.4 Å². The Bertz CT molecular complexity index is 1480. The zero-order valence-electron chi connectivity index (χ0n) is 20.1. The lowest BCUT2D eigenvalue weighted by Gasteiger charge is -2.36. The third-order valence-corrected chi connectivity index (χ3v) is 9.09. The maximum atomic E-state index is 13.4. The van der Waals surface area contributed by atoms with Crippen LogP contribution in [0.15, 0.2) is 63.0 Å². The highest BCUT2D eigenvalue weighted by atomic mass is 32.2. The number of nitrogens with zero attached hydrogens (tertiary/aromatic N) is 4. The van der Waals surface area contributed by atoms with Crippen LogP contribution in [0.5, 0.6) is 0 Å². The minimum atomic E-state index is -3.62. The molecule has 0 N–H and O–H groups in total. The fraction of sp³-hybridized carbons (Fsp3) is 0.385. The zero-order valence-corrected chi connectivity index (χ0v) is 20.9. The van der Waals surface area contributed by atoms with Crippen molar-refractivity contribution in [1.82, 2.24) is 13.4 Å². The minimum absolute atomic E-state index is 0.270. The number of hydrogen-bond donors (Lipinski definition) is 0. The molecule has 0 saturated carbocycles. The van der Waals surface area contributed by atoms with Crippen LogP contribution in [0.1, 0.15) is 29.7 Å². The molecular formula is C26H30N4O4S. The van der Waals surface area contributed by atoms with Gasteiger partial charge in [0, 0.05) is 33.2 Å². The number of sulfonamides is 1. The van der Waals surface area contributed by atoms with E-state index in [-0.39, 0.29) is 18.6 Å². The van der Waals surface area contributed by atoms with Crippen LogP contribution in [0, 0.1) is 6.92 Å². The van der Waals surface area contributed by atoms with Crippen molar-refractivity contribution >= 4 is 15.7 Å². The molecule has 1 aromatic heterocycles. The van der Waals surface area contributed by atoms with E-state index < -0.39 is 15.7 Å². The maximum Gasteiger partial charge on any atom is 0.335 e. The highest BCUT2D eigenvalue weighted by Crippen LogP contribution is 2.27. The Hall–Kier alpha value is -3.17. The Morgan fingerprint density at radius 2 is 1.49 bits per heavy atom. The predicted octanol–water partition coefficient (Wildman–Crippen LogP) is 2.23. The van der Waals surface area contributed by atoms with Crippen molar-refractivity contribution in [3.05, 3.63) is 86.2 Å². The molecule has 1 aliphatic heterocycles. The summed E-state index contributed by atoms with van der Waals surface area (Å²) < 4.78 is 30.9. The van der Waals surface area contributed by atoms with Gasteiger partial charge in [-0.15, -0.1) is 0 Å². The molecule has 0 amide bonds. The van der Waals surface area contributed by atoms with Crippen LogP contribution in [0.3, 0.4) is 0 Å². The second-order valence-electron chi connectivity index (χ2n) is 9.28. The van der Waals surface area contributed by atoms with Gasteiger partial charge >= 0.3 is 5.69 Å². The van der Waals surface area contributed by atoms with Gasteiger partial charge < -0.3 is 4.90 Å². The van der Waals surface area contributed by atoms with Gasteiger partial charge in [0.2, 0.25) is 10.0 Å². The molecule has 35 heavy (non-hydrogen) atoms. The second kappa shape index (κ2) is 9.13. The Morgan fingerprint density at radius 3 is 2.17 bits per heavy atom. The Morgan fingerprint density at radius 1 is 0.829 bits per heavy atom. The molecule has 1 saturated heterocycles. The standard InChI is InChI=1S/C26H30N4O4S/c1-19-24(25(31)27(2)26(32)30(19)22-10-4-3-5-11-22)28-14-16-29(17-15-28)35(33,34)23-13-12-20-8-6-7-9-21(20)18-23/h3-5,10-13,18H,6-9,14-17H2,1-2H3. The highest BCUT2D eigenvalue weighted by molar-refractivity contribution is 7.89. The van der Waals surface area contributed by atoms with Crippen molar-refractivity contribution in [2.24, 2.45) is 7.05 Å². The summed E-state index contributed by atoms with van der Waals surface area (Å²) in [4.78, 5) is 28.3. The summed E-state index contributed by atoms with van der Waals surface area (Å²) in [6.07, 6.45) is 4.17. The molecule has 8 nitrogen and oxygen atoms in total. The molecule has 1 fully saturated rings. The number of fused-ring (bicyclic) bond motifs is 1. The van der Waals surface area contributed by atoms with Crippen molar-refractivity contribution in [3.8, 4) is 5.69 Å².